The first-order valence-electron chi connectivity index (χ1n) is 5.30. The van der Waals surface area contributed by atoms with E-state index >= 15 is 0 Å². The van der Waals surface area contributed by atoms with Crippen LogP contribution >= 0.6 is 0 Å². The summed E-state index contributed by atoms with van der Waals surface area (Å²) in [5, 5.41) is 7.72. The zero-order valence-electron chi connectivity index (χ0n) is 9.64. The molecule has 8 heteroatoms. The van der Waals surface area contributed by atoms with E-state index in [0.29, 0.717) is 22.5 Å². The van der Waals surface area contributed by atoms with Crippen LogP contribution in [0.1, 0.15) is 5.82 Å². The van der Waals surface area contributed by atoms with Crippen LogP contribution in [0.25, 0.3) is 16.7 Å². The average Bonchev–Trinajstić information content (AvgIpc) is 2.69. The van der Waals surface area contributed by atoms with Gasteiger partial charge in [0, 0.05) is 6.07 Å². The normalized spacial score (nSPS) is 12.2. The molecule has 0 bridgehead atoms. The second-order valence-corrected chi connectivity index (χ2v) is 3.90. The minimum absolute atomic E-state index is 0.303. The summed E-state index contributed by atoms with van der Waals surface area (Å²) in [7, 11) is 0. The van der Waals surface area contributed by atoms with Gasteiger partial charge >= 0.3 is 6.36 Å². The molecule has 0 aliphatic carbocycles. The average molecular weight is 268 g/mol. The van der Waals surface area contributed by atoms with Crippen molar-refractivity contribution in [2.75, 3.05) is 0 Å². The lowest BCUT2D eigenvalue weighted by molar-refractivity contribution is -0.274. The van der Waals surface area contributed by atoms with Crippen molar-refractivity contribution in [2.24, 2.45) is 0 Å². The molecule has 1 aromatic carbocycles. The number of hydrogen-bond acceptors (Lipinski definition) is 4. The van der Waals surface area contributed by atoms with Crippen LogP contribution in [0.3, 0.4) is 0 Å². The van der Waals surface area contributed by atoms with Crippen molar-refractivity contribution < 1.29 is 17.9 Å². The highest BCUT2D eigenvalue weighted by atomic mass is 19.4. The number of fused-ring (bicyclic) bond motifs is 3. The van der Waals surface area contributed by atoms with Gasteiger partial charge in [0.05, 0.1) is 17.2 Å². The SMILES string of the molecule is Cc1nnc2cnc3ccc(OC(F)(F)F)cc3n12. The highest BCUT2D eigenvalue weighted by Crippen LogP contribution is 2.26. The number of benzene rings is 1. The highest BCUT2D eigenvalue weighted by Gasteiger charge is 2.31. The van der Waals surface area contributed by atoms with E-state index in [-0.39, 0.29) is 5.75 Å². The van der Waals surface area contributed by atoms with Crippen LogP contribution in [-0.4, -0.2) is 25.9 Å². The summed E-state index contributed by atoms with van der Waals surface area (Å²) >= 11 is 0. The van der Waals surface area contributed by atoms with E-state index in [1.165, 1.54) is 24.4 Å². The van der Waals surface area contributed by atoms with E-state index in [9.17, 15) is 13.2 Å². The molecule has 0 N–H and O–H groups in total. The zero-order chi connectivity index (χ0) is 13.6. The Morgan fingerprint density at radius 3 is 2.74 bits per heavy atom. The van der Waals surface area contributed by atoms with Crippen LogP contribution in [0, 0.1) is 6.92 Å². The molecule has 2 heterocycles. The van der Waals surface area contributed by atoms with Crippen molar-refractivity contribution in [1.29, 1.82) is 0 Å². The Hall–Kier alpha value is -2.38. The first kappa shape index (κ1) is 11.7. The molecule has 0 saturated carbocycles. The maximum atomic E-state index is 12.2. The van der Waals surface area contributed by atoms with E-state index in [2.05, 4.69) is 19.9 Å². The number of rotatable bonds is 1. The summed E-state index contributed by atoms with van der Waals surface area (Å²) in [5.74, 6) is 0.258. The van der Waals surface area contributed by atoms with Crippen LogP contribution in [0.15, 0.2) is 24.4 Å². The molecule has 0 amide bonds. The summed E-state index contributed by atoms with van der Waals surface area (Å²) in [5.41, 5.74) is 1.46. The van der Waals surface area contributed by atoms with Crippen molar-refractivity contribution in [3.63, 3.8) is 0 Å². The molecule has 98 valence electrons. The Bertz CT molecular complexity index is 766. The van der Waals surface area contributed by atoms with Gasteiger partial charge < -0.3 is 4.74 Å². The molecular weight excluding hydrogens is 261 g/mol. The molecule has 0 radical (unpaired) electrons. The molecule has 0 aliphatic rings. The van der Waals surface area contributed by atoms with E-state index < -0.39 is 6.36 Å². The third-order valence-corrected chi connectivity index (χ3v) is 2.59. The van der Waals surface area contributed by atoms with Crippen molar-refractivity contribution in [3.05, 3.63) is 30.2 Å². The van der Waals surface area contributed by atoms with Crippen LogP contribution in [0.4, 0.5) is 13.2 Å². The van der Waals surface area contributed by atoms with Gasteiger partial charge in [-0.05, 0) is 19.1 Å². The number of ether oxygens (including phenoxy) is 1. The second-order valence-electron chi connectivity index (χ2n) is 3.90. The van der Waals surface area contributed by atoms with Gasteiger partial charge in [-0.1, -0.05) is 0 Å². The number of alkyl halides is 3. The first-order chi connectivity index (χ1) is 8.94. The number of hydrogen-bond donors (Lipinski definition) is 0. The molecule has 19 heavy (non-hydrogen) atoms. The Balaban J connectivity index is 2.25. The molecule has 5 nitrogen and oxygen atoms in total. The van der Waals surface area contributed by atoms with Gasteiger partial charge in [-0.3, -0.25) is 9.38 Å². The fourth-order valence-corrected chi connectivity index (χ4v) is 1.88. The molecule has 3 aromatic rings. The molecular formula is C11H7F3N4O. The third-order valence-electron chi connectivity index (χ3n) is 2.59. The predicted molar refractivity (Wildman–Crippen MR) is 59.7 cm³/mol. The number of halogens is 3. The van der Waals surface area contributed by atoms with E-state index in [0.717, 1.165) is 0 Å². The molecule has 0 aliphatic heterocycles. The molecule has 2 aromatic heterocycles. The molecule has 0 spiro atoms. The highest BCUT2D eigenvalue weighted by molar-refractivity contribution is 5.79. The number of aromatic nitrogens is 4. The Labute approximate surface area is 104 Å². The van der Waals surface area contributed by atoms with E-state index in [4.69, 9.17) is 0 Å². The monoisotopic (exact) mass is 268 g/mol. The van der Waals surface area contributed by atoms with Gasteiger partial charge in [0.25, 0.3) is 0 Å². The topological polar surface area (TPSA) is 52.3 Å². The van der Waals surface area contributed by atoms with Gasteiger partial charge in [0.15, 0.2) is 5.65 Å². The minimum Gasteiger partial charge on any atom is -0.406 e. The van der Waals surface area contributed by atoms with Crippen molar-refractivity contribution in [1.82, 2.24) is 19.6 Å². The molecule has 3 rings (SSSR count). The second kappa shape index (κ2) is 3.81. The molecule has 0 fully saturated rings. The molecule has 0 unspecified atom stereocenters. The van der Waals surface area contributed by atoms with Gasteiger partial charge in [-0.25, -0.2) is 0 Å². The smallest absolute Gasteiger partial charge is 0.406 e. The van der Waals surface area contributed by atoms with Crippen molar-refractivity contribution in [2.45, 2.75) is 13.3 Å². The fraction of sp³-hybridized carbons (Fsp3) is 0.182. The molecule has 0 saturated heterocycles. The lowest BCUT2D eigenvalue weighted by Crippen LogP contribution is -2.17. The lowest BCUT2D eigenvalue weighted by atomic mass is 10.3. The van der Waals surface area contributed by atoms with Gasteiger partial charge in [0.2, 0.25) is 0 Å². The molecule has 0 atom stereocenters. The summed E-state index contributed by atoms with van der Waals surface area (Å²) in [6.07, 6.45) is -3.22. The Morgan fingerprint density at radius 2 is 2.00 bits per heavy atom. The summed E-state index contributed by atoms with van der Waals surface area (Å²) in [6, 6.07) is 3.93. The standard InChI is InChI=1S/C11H7F3N4O/c1-6-16-17-10-5-15-8-3-2-7(19-11(12,13)14)4-9(8)18(6)10/h2-5H,1H3. The maximum Gasteiger partial charge on any atom is 0.573 e. The van der Waals surface area contributed by atoms with Gasteiger partial charge in [-0.2, -0.15) is 0 Å². The minimum atomic E-state index is -4.72. The summed E-state index contributed by atoms with van der Waals surface area (Å²) in [6.45, 7) is 1.71. The van der Waals surface area contributed by atoms with E-state index in [1.807, 2.05) is 0 Å². The van der Waals surface area contributed by atoms with Gasteiger partial charge in [0.1, 0.15) is 11.6 Å². The quantitative estimate of drug-likeness (QED) is 0.680. The first-order valence-corrected chi connectivity index (χ1v) is 5.30. The fourth-order valence-electron chi connectivity index (χ4n) is 1.88. The Kier molecular flexibility index (Phi) is 2.34. The van der Waals surface area contributed by atoms with Crippen molar-refractivity contribution >= 4 is 16.7 Å². The lowest BCUT2D eigenvalue weighted by Gasteiger charge is -2.09. The largest absolute Gasteiger partial charge is 0.573 e. The van der Waals surface area contributed by atoms with Crippen LogP contribution in [0.5, 0.6) is 5.75 Å². The van der Waals surface area contributed by atoms with E-state index in [1.54, 1.807) is 11.3 Å². The van der Waals surface area contributed by atoms with Crippen LogP contribution < -0.4 is 4.74 Å². The third kappa shape index (κ3) is 2.05. The zero-order valence-corrected chi connectivity index (χ0v) is 9.64. The van der Waals surface area contributed by atoms with Crippen LogP contribution in [0.2, 0.25) is 0 Å². The van der Waals surface area contributed by atoms with Crippen LogP contribution in [-0.2, 0) is 0 Å². The predicted octanol–water partition coefficient (Wildman–Crippen LogP) is 2.48. The summed E-state index contributed by atoms with van der Waals surface area (Å²) < 4.78 is 42.1. The summed E-state index contributed by atoms with van der Waals surface area (Å²) in [4.78, 5) is 4.10. The number of aryl methyl sites for hydroxylation is 1. The van der Waals surface area contributed by atoms with Crippen molar-refractivity contribution in [3.8, 4) is 5.75 Å². The Morgan fingerprint density at radius 1 is 1.21 bits per heavy atom. The number of nitrogens with zero attached hydrogens (tertiary/aromatic N) is 4. The maximum absolute atomic E-state index is 12.2. The van der Waals surface area contributed by atoms with Gasteiger partial charge in [-0.15, -0.1) is 23.4 Å².